The molecular weight excluding hydrogens is 214 g/mol. The molecule has 1 saturated heterocycles. The Bertz CT molecular complexity index is 468. The predicted molar refractivity (Wildman–Crippen MR) is 67.2 cm³/mol. The fraction of sp³-hybridized carbons (Fsp3) is 0.357. The maximum absolute atomic E-state index is 11.7. The second-order valence-corrected chi connectivity index (χ2v) is 4.06. The Labute approximate surface area is 101 Å². The molecule has 2 rings (SSSR count). The number of ether oxygens (including phenoxy) is 1. The van der Waals surface area contributed by atoms with Gasteiger partial charge in [-0.05, 0) is 31.0 Å². The van der Waals surface area contributed by atoms with Crippen LogP contribution in [-0.2, 0) is 4.74 Å². The van der Waals surface area contributed by atoms with Crippen LogP contribution in [0, 0.1) is 12.3 Å². The van der Waals surface area contributed by atoms with Gasteiger partial charge in [-0.1, -0.05) is 5.92 Å². The van der Waals surface area contributed by atoms with E-state index in [2.05, 4.69) is 10.8 Å². The van der Waals surface area contributed by atoms with Gasteiger partial charge in [0.1, 0.15) is 0 Å². The Hall–Kier alpha value is -1.95. The predicted octanol–water partition coefficient (Wildman–Crippen LogP) is 2.05. The minimum absolute atomic E-state index is 0.310. The standard InChI is InChI=1S/C14H15NO2/c1-3-11-6-7-12(14(16)17-2)13(10-11)15-8-4-5-9-15/h1,6-7,10H,4-5,8-9H2,2H3. The third kappa shape index (κ3) is 2.26. The molecule has 0 N–H and O–H groups in total. The van der Waals surface area contributed by atoms with Crippen molar-refractivity contribution in [1.82, 2.24) is 0 Å². The van der Waals surface area contributed by atoms with Crippen molar-refractivity contribution in [2.24, 2.45) is 0 Å². The summed E-state index contributed by atoms with van der Waals surface area (Å²) in [6, 6.07) is 5.40. The van der Waals surface area contributed by atoms with E-state index >= 15 is 0 Å². The van der Waals surface area contributed by atoms with Crippen molar-refractivity contribution in [3.05, 3.63) is 29.3 Å². The summed E-state index contributed by atoms with van der Waals surface area (Å²) in [6.07, 6.45) is 7.70. The minimum atomic E-state index is -0.310. The first kappa shape index (κ1) is 11.5. The number of anilines is 1. The largest absolute Gasteiger partial charge is 0.465 e. The quantitative estimate of drug-likeness (QED) is 0.574. The average Bonchev–Trinajstić information content (AvgIpc) is 2.91. The summed E-state index contributed by atoms with van der Waals surface area (Å²) in [5.41, 5.74) is 2.28. The number of rotatable bonds is 2. The molecule has 3 nitrogen and oxygen atoms in total. The Morgan fingerprint density at radius 2 is 2.12 bits per heavy atom. The van der Waals surface area contributed by atoms with Crippen LogP contribution in [0.1, 0.15) is 28.8 Å². The van der Waals surface area contributed by atoms with E-state index in [0.29, 0.717) is 5.56 Å². The highest BCUT2D eigenvalue weighted by Gasteiger charge is 2.20. The zero-order valence-corrected chi connectivity index (χ0v) is 9.90. The number of methoxy groups -OCH3 is 1. The van der Waals surface area contributed by atoms with Crippen molar-refractivity contribution in [3.8, 4) is 12.3 Å². The molecule has 0 radical (unpaired) electrons. The molecule has 17 heavy (non-hydrogen) atoms. The molecule has 1 aromatic rings. The van der Waals surface area contributed by atoms with E-state index in [1.54, 1.807) is 12.1 Å². The molecule has 0 atom stereocenters. The highest BCUT2D eigenvalue weighted by Crippen LogP contribution is 2.26. The molecule has 1 aromatic carbocycles. The number of esters is 1. The molecule has 0 amide bonds. The van der Waals surface area contributed by atoms with E-state index in [-0.39, 0.29) is 5.97 Å². The van der Waals surface area contributed by atoms with Crippen LogP contribution in [0.5, 0.6) is 0 Å². The van der Waals surface area contributed by atoms with Crippen molar-refractivity contribution >= 4 is 11.7 Å². The first-order valence-electron chi connectivity index (χ1n) is 5.70. The molecule has 0 unspecified atom stereocenters. The summed E-state index contributed by atoms with van der Waals surface area (Å²) in [5.74, 6) is 2.29. The van der Waals surface area contributed by atoms with Gasteiger partial charge >= 0.3 is 5.97 Å². The van der Waals surface area contributed by atoms with Crippen LogP contribution in [0.25, 0.3) is 0 Å². The maximum atomic E-state index is 11.7. The van der Waals surface area contributed by atoms with Crippen LogP contribution in [-0.4, -0.2) is 26.2 Å². The van der Waals surface area contributed by atoms with Gasteiger partial charge in [-0.15, -0.1) is 6.42 Å². The van der Waals surface area contributed by atoms with Gasteiger partial charge in [-0.2, -0.15) is 0 Å². The normalized spacial score (nSPS) is 14.5. The number of nitrogens with zero attached hydrogens (tertiary/aromatic N) is 1. The van der Waals surface area contributed by atoms with Gasteiger partial charge in [0.15, 0.2) is 0 Å². The van der Waals surface area contributed by atoms with E-state index < -0.39 is 0 Å². The summed E-state index contributed by atoms with van der Waals surface area (Å²) in [6.45, 7) is 1.94. The average molecular weight is 229 g/mol. The molecule has 1 aliphatic rings. The highest BCUT2D eigenvalue weighted by molar-refractivity contribution is 5.96. The maximum Gasteiger partial charge on any atom is 0.339 e. The van der Waals surface area contributed by atoms with Crippen molar-refractivity contribution in [2.45, 2.75) is 12.8 Å². The number of carbonyl (C=O) groups excluding carboxylic acids is 1. The second kappa shape index (κ2) is 4.92. The molecule has 0 aromatic heterocycles. The number of carbonyl (C=O) groups is 1. The van der Waals surface area contributed by atoms with Gasteiger partial charge < -0.3 is 9.64 Å². The number of hydrogen-bond donors (Lipinski definition) is 0. The second-order valence-electron chi connectivity index (χ2n) is 4.06. The molecular formula is C14H15NO2. The molecule has 0 saturated carbocycles. The molecule has 1 aliphatic heterocycles. The first-order valence-corrected chi connectivity index (χ1v) is 5.70. The summed E-state index contributed by atoms with van der Waals surface area (Å²) < 4.78 is 4.79. The van der Waals surface area contributed by atoms with Crippen molar-refractivity contribution < 1.29 is 9.53 Å². The molecule has 1 fully saturated rings. The highest BCUT2D eigenvalue weighted by atomic mass is 16.5. The van der Waals surface area contributed by atoms with E-state index in [4.69, 9.17) is 11.2 Å². The van der Waals surface area contributed by atoms with Crippen LogP contribution in [0.2, 0.25) is 0 Å². The Morgan fingerprint density at radius 3 is 2.71 bits per heavy atom. The van der Waals surface area contributed by atoms with E-state index in [1.807, 2.05) is 6.07 Å². The fourth-order valence-corrected chi connectivity index (χ4v) is 2.12. The summed E-state index contributed by atoms with van der Waals surface area (Å²) >= 11 is 0. The van der Waals surface area contributed by atoms with Gasteiger partial charge in [0.05, 0.1) is 18.4 Å². The zero-order valence-electron chi connectivity index (χ0n) is 9.90. The molecule has 3 heteroatoms. The first-order chi connectivity index (χ1) is 8.26. The Morgan fingerprint density at radius 1 is 1.41 bits per heavy atom. The minimum Gasteiger partial charge on any atom is -0.465 e. The summed E-state index contributed by atoms with van der Waals surface area (Å²) in [5, 5.41) is 0. The lowest BCUT2D eigenvalue weighted by molar-refractivity contribution is 0.0601. The monoisotopic (exact) mass is 229 g/mol. The van der Waals surface area contributed by atoms with Crippen LogP contribution in [0.15, 0.2) is 18.2 Å². The fourth-order valence-electron chi connectivity index (χ4n) is 2.12. The van der Waals surface area contributed by atoms with Crippen molar-refractivity contribution in [3.63, 3.8) is 0 Å². The lowest BCUT2D eigenvalue weighted by Crippen LogP contribution is -2.21. The van der Waals surface area contributed by atoms with Gasteiger partial charge in [0.2, 0.25) is 0 Å². The summed E-state index contributed by atoms with van der Waals surface area (Å²) in [7, 11) is 1.39. The summed E-state index contributed by atoms with van der Waals surface area (Å²) in [4.78, 5) is 13.9. The van der Waals surface area contributed by atoms with Crippen LogP contribution in [0.4, 0.5) is 5.69 Å². The topological polar surface area (TPSA) is 29.5 Å². The van der Waals surface area contributed by atoms with Crippen molar-refractivity contribution in [2.75, 3.05) is 25.1 Å². The lowest BCUT2D eigenvalue weighted by atomic mass is 10.1. The van der Waals surface area contributed by atoms with Gasteiger partial charge in [0.25, 0.3) is 0 Å². The van der Waals surface area contributed by atoms with E-state index in [1.165, 1.54) is 7.11 Å². The molecule has 0 aliphatic carbocycles. The molecule has 88 valence electrons. The van der Waals surface area contributed by atoms with Crippen LogP contribution >= 0.6 is 0 Å². The zero-order chi connectivity index (χ0) is 12.3. The van der Waals surface area contributed by atoms with Crippen LogP contribution < -0.4 is 4.90 Å². The van der Waals surface area contributed by atoms with Crippen LogP contribution in [0.3, 0.4) is 0 Å². The van der Waals surface area contributed by atoms with Gasteiger partial charge in [0, 0.05) is 18.7 Å². The molecule has 0 spiro atoms. The number of hydrogen-bond acceptors (Lipinski definition) is 3. The Balaban J connectivity index is 2.44. The molecule has 1 heterocycles. The van der Waals surface area contributed by atoms with Crippen molar-refractivity contribution in [1.29, 1.82) is 0 Å². The van der Waals surface area contributed by atoms with Gasteiger partial charge in [-0.25, -0.2) is 4.79 Å². The Kier molecular flexibility index (Phi) is 3.34. The van der Waals surface area contributed by atoms with E-state index in [9.17, 15) is 4.79 Å². The van der Waals surface area contributed by atoms with E-state index in [0.717, 1.165) is 37.2 Å². The SMILES string of the molecule is C#Cc1ccc(C(=O)OC)c(N2CCCC2)c1. The lowest BCUT2D eigenvalue weighted by Gasteiger charge is -2.20. The molecule has 0 bridgehead atoms. The van der Waals surface area contributed by atoms with Gasteiger partial charge in [-0.3, -0.25) is 0 Å². The number of terminal acetylenes is 1. The number of benzene rings is 1. The third-order valence-electron chi connectivity index (χ3n) is 3.02. The third-order valence-corrected chi connectivity index (χ3v) is 3.02. The smallest absolute Gasteiger partial charge is 0.339 e.